The van der Waals surface area contributed by atoms with Gasteiger partial charge in [0.1, 0.15) is 10.8 Å². The van der Waals surface area contributed by atoms with Gasteiger partial charge in [0.25, 0.3) is 0 Å². The summed E-state index contributed by atoms with van der Waals surface area (Å²) < 4.78 is 13.1. The minimum atomic E-state index is -0.365. The monoisotopic (exact) mass is 542 g/mol. The fourth-order valence-corrected chi connectivity index (χ4v) is 6.10. The fraction of sp³-hybridized carbons (Fsp3) is 0.481. The lowest BCUT2D eigenvalue weighted by atomic mass is 9.95. The summed E-state index contributed by atoms with van der Waals surface area (Å²) in [4.78, 5) is 26.9. The van der Waals surface area contributed by atoms with E-state index in [0.29, 0.717) is 34.1 Å². The van der Waals surface area contributed by atoms with Crippen LogP contribution in [-0.2, 0) is 29.4 Å². The summed E-state index contributed by atoms with van der Waals surface area (Å²) in [6.07, 6.45) is 3.68. The molecule has 0 radical (unpaired) electrons. The number of fused-ring (bicyclic) bond motifs is 1. The number of thiophene rings is 1. The molecule has 8 nitrogen and oxygen atoms in total. The van der Waals surface area contributed by atoms with Crippen LogP contribution in [0.15, 0.2) is 29.4 Å². The molecule has 10 heteroatoms. The molecule has 0 fully saturated rings. The van der Waals surface area contributed by atoms with Gasteiger partial charge in [-0.3, -0.25) is 4.79 Å². The normalized spacial score (nSPS) is 13.1. The van der Waals surface area contributed by atoms with Crippen molar-refractivity contribution in [2.24, 2.45) is 13.0 Å². The van der Waals surface area contributed by atoms with Crippen molar-refractivity contribution < 1.29 is 19.1 Å². The molecule has 0 aliphatic heterocycles. The highest BCUT2D eigenvalue weighted by atomic mass is 32.2. The number of rotatable bonds is 10. The maximum atomic E-state index is 12.9. The Balaban J connectivity index is 1.41. The van der Waals surface area contributed by atoms with Crippen LogP contribution in [0.4, 0.5) is 5.00 Å². The quantitative estimate of drug-likeness (QED) is 0.257. The highest BCUT2D eigenvalue weighted by Crippen LogP contribution is 2.39. The lowest BCUT2D eigenvalue weighted by Gasteiger charge is -2.14. The second-order valence-electron chi connectivity index (χ2n) is 9.80. The molecule has 0 unspecified atom stereocenters. The van der Waals surface area contributed by atoms with Crippen LogP contribution in [-0.4, -0.2) is 45.1 Å². The molecule has 2 aromatic heterocycles. The summed E-state index contributed by atoms with van der Waals surface area (Å²) in [6.45, 7) is 8.55. The van der Waals surface area contributed by atoms with E-state index in [9.17, 15) is 9.59 Å². The molecule has 1 N–H and O–H groups in total. The maximum absolute atomic E-state index is 12.9. The number of hydrogen-bond donors (Lipinski definition) is 1. The molecule has 3 aromatic rings. The molecule has 1 aliphatic carbocycles. The van der Waals surface area contributed by atoms with E-state index in [4.69, 9.17) is 9.47 Å². The van der Waals surface area contributed by atoms with Crippen molar-refractivity contribution in [3.63, 3.8) is 0 Å². The zero-order chi connectivity index (χ0) is 26.5. The second-order valence-corrected chi connectivity index (χ2v) is 11.8. The second kappa shape index (κ2) is 12.1. The number of benzene rings is 1. The van der Waals surface area contributed by atoms with Gasteiger partial charge in [0.15, 0.2) is 11.0 Å². The first-order valence-corrected chi connectivity index (χ1v) is 14.4. The number of aromatic nitrogens is 3. The van der Waals surface area contributed by atoms with Crippen LogP contribution in [0.3, 0.4) is 0 Å². The predicted molar refractivity (Wildman–Crippen MR) is 148 cm³/mol. The van der Waals surface area contributed by atoms with E-state index in [-0.39, 0.29) is 23.7 Å². The first kappa shape index (κ1) is 27.2. The number of esters is 1. The third kappa shape index (κ3) is 6.73. The SMILES string of the molecule is CC(C)COc1ccc(-c2nnc(SCC(=O)Nc3sc4c(c3C(=O)OC(C)C)CCCC4)n2C)cc1. The van der Waals surface area contributed by atoms with Gasteiger partial charge in [-0.05, 0) is 75.3 Å². The molecule has 2 heterocycles. The van der Waals surface area contributed by atoms with Gasteiger partial charge < -0.3 is 19.4 Å². The zero-order valence-corrected chi connectivity index (χ0v) is 23.6. The number of amides is 1. The number of hydrogen-bond acceptors (Lipinski definition) is 8. The largest absolute Gasteiger partial charge is 0.493 e. The van der Waals surface area contributed by atoms with Crippen molar-refractivity contribution in [1.29, 1.82) is 0 Å². The number of carbonyl (C=O) groups is 2. The number of thioether (sulfide) groups is 1. The average Bonchev–Trinajstić information content (AvgIpc) is 3.41. The highest BCUT2D eigenvalue weighted by Gasteiger charge is 2.28. The maximum Gasteiger partial charge on any atom is 0.341 e. The smallest absolute Gasteiger partial charge is 0.341 e. The highest BCUT2D eigenvalue weighted by molar-refractivity contribution is 7.99. The van der Waals surface area contributed by atoms with E-state index >= 15 is 0 Å². The number of nitrogens with zero attached hydrogens (tertiary/aromatic N) is 3. The predicted octanol–water partition coefficient (Wildman–Crippen LogP) is 5.75. The van der Waals surface area contributed by atoms with Gasteiger partial charge >= 0.3 is 5.97 Å². The van der Waals surface area contributed by atoms with Gasteiger partial charge in [-0.15, -0.1) is 21.5 Å². The molecule has 0 bridgehead atoms. The van der Waals surface area contributed by atoms with Crippen LogP contribution in [0.5, 0.6) is 5.75 Å². The summed E-state index contributed by atoms with van der Waals surface area (Å²) in [5.74, 6) is 1.57. The Morgan fingerprint density at radius 1 is 1.11 bits per heavy atom. The number of anilines is 1. The average molecular weight is 543 g/mol. The first-order chi connectivity index (χ1) is 17.7. The number of aryl methyl sites for hydroxylation is 1. The summed E-state index contributed by atoms with van der Waals surface area (Å²) in [5.41, 5.74) is 2.47. The topological polar surface area (TPSA) is 95.3 Å². The first-order valence-electron chi connectivity index (χ1n) is 12.6. The lowest BCUT2D eigenvalue weighted by Crippen LogP contribution is -2.19. The molecule has 0 saturated carbocycles. The standard InChI is InChI=1S/C27H34N4O4S2/c1-16(2)14-34-19-12-10-18(11-13-19)24-29-30-27(31(24)5)36-15-22(32)28-25-23(26(33)35-17(3)4)20-8-6-7-9-21(20)37-25/h10-13,16-17H,6-9,14-15H2,1-5H3,(H,28,32). The van der Waals surface area contributed by atoms with E-state index in [1.165, 1.54) is 28.0 Å². The molecule has 1 aromatic carbocycles. The third-order valence-electron chi connectivity index (χ3n) is 5.83. The lowest BCUT2D eigenvalue weighted by molar-refractivity contribution is -0.113. The Morgan fingerprint density at radius 2 is 1.84 bits per heavy atom. The van der Waals surface area contributed by atoms with Gasteiger partial charge in [0.2, 0.25) is 5.91 Å². The molecule has 37 heavy (non-hydrogen) atoms. The van der Waals surface area contributed by atoms with Crippen LogP contribution >= 0.6 is 23.1 Å². The van der Waals surface area contributed by atoms with Crippen LogP contribution in [0.25, 0.3) is 11.4 Å². The van der Waals surface area contributed by atoms with Gasteiger partial charge in [-0.1, -0.05) is 25.6 Å². The van der Waals surface area contributed by atoms with Crippen molar-refractivity contribution in [3.8, 4) is 17.1 Å². The summed E-state index contributed by atoms with van der Waals surface area (Å²) >= 11 is 2.80. The molecule has 0 atom stereocenters. The summed E-state index contributed by atoms with van der Waals surface area (Å²) in [5, 5.41) is 12.8. The van der Waals surface area contributed by atoms with E-state index in [2.05, 4.69) is 29.4 Å². The fourth-order valence-electron chi connectivity index (χ4n) is 4.09. The Labute approximate surface area is 226 Å². The third-order valence-corrected chi connectivity index (χ3v) is 8.06. The molecule has 4 rings (SSSR count). The van der Waals surface area contributed by atoms with Crippen molar-refractivity contribution >= 4 is 40.0 Å². The number of carbonyl (C=O) groups excluding carboxylic acids is 2. The van der Waals surface area contributed by atoms with Crippen molar-refractivity contribution in [2.45, 2.75) is 64.6 Å². The Hall–Kier alpha value is -2.85. The van der Waals surface area contributed by atoms with Gasteiger partial charge in [-0.2, -0.15) is 0 Å². The van der Waals surface area contributed by atoms with Crippen LogP contribution < -0.4 is 10.1 Å². The van der Waals surface area contributed by atoms with Crippen LogP contribution in [0.2, 0.25) is 0 Å². The van der Waals surface area contributed by atoms with Gasteiger partial charge in [-0.25, -0.2) is 4.79 Å². The minimum absolute atomic E-state index is 0.148. The number of nitrogens with one attached hydrogen (secondary N) is 1. The van der Waals surface area contributed by atoms with Crippen molar-refractivity contribution in [2.75, 3.05) is 17.7 Å². The Morgan fingerprint density at radius 3 is 2.54 bits per heavy atom. The molecular weight excluding hydrogens is 508 g/mol. The summed E-state index contributed by atoms with van der Waals surface area (Å²) in [7, 11) is 1.88. The molecular formula is C27H34N4O4S2. The molecule has 1 aliphatic rings. The number of ether oxygens (including phenoxy) is 2. The van der Waals surface area contributed by atoms with Gasteiger partial charge in [0.05, 0.1) is 24.0 Å². The summed E-state index contributed by atoms with van der Waals surface area (Å²) in [6, 6.07) is 7.76. The van der Waals surface area contributed by atoms with Gasteiger partial charge in [0, 0.05) is 17.5 Å². The van der Waals surface area contributed by atoms with E-state index in [0.717, 1.165) is 42.6 Å². The Bertz CT molecular complexity index is 1250. The molecule has 0 saturated heterocycles. The van der Waals surface area contributed by atoms with Crippen LogP contribution in [0, 0.1) is 5.92 Å². The van der Waals surface area contributed by atoms with Crippen molar-refractivity contribution in [3.05, 3.63) is 40.3 Å². The van der Waals surface area contributed by atoms with E-state index < -0.39 is 0 Å². The van der Waals surface area contributed by atoms with Crippen LogP contribution in [0.1, 0.15) is 61.3 Å². The Kier molecular flexibility index (Phi) is 8.91. The minimum Gasteiger partial charge on any atom is -0.493 e. The molecule has 1 amide bonds. The van der Waals surface area contributed by atoms with E-state index in [1.54, 1.807) is 0 Å². The van der Waals surface area contributed by atoms with E-state index in [1.807, 2.05) is 49.7 Å². The van der Waals surface area contributed by atoms with Crippen molar-refractivity contribution in [1.82, 2.24) is 14.8 Å². The zero-order valence-electron chi connectivity index (χ0n) is 22.0. The molecule has 0 spiro atoms. The molecule has 198 valence electrons.